The standard InChI is InChI=1S/C21H23N3O4/c1-13-6-4-7-16(14(13)2)23-21(27)20(26)22-15-9-10-18(28-3)17(12-15)24-11-5-8-19(24)25/h4,6-7,9-10,12H,5,8,11H2,1-3H3,(H,22,26)(H,23,27). The maximum atomic E-state index is 12.3. The first-order valence-corrected chi connectivity index (χ1v) is 9.07. The lowest BCUT2D eigenvalue weighted by atomic mass is 10.1. The molecule has 0 saturated carbocycles. The van der Waals surface area contributed by atoms with Crippen LogP contribution >= 0.6 is 0 Å². The Balaban J connectivity index is 1.75. The van der Waals surface area contributed by atoms with Gasteiger partial charge in [0.05, 0.1) is 12.8 Å². The van der Waals surface area contributed by atoms with Crippen molar-refractivity contribution in [3.05, 3.63) is 47.5 Å². The molecule has 0 unspecified atom stereocenters. The molecule has 0 aromatic heterocycles. The molecule has 146 valence electrons. The van der Waals surface area contributed by atoms with Gasteiger partial charge in [-0.15, -0.1) is 0 Å². The van der Waals surface area contributed by atoms with Gasteiger partial charge in [0.2, 0.25) is 5.91 Å². The number of nitrogens with one attached hydrogen (secondary N) is 2. The van der Waals surface area contributed by atoms with E-state index in [1.54, 1.807) is 29.2 Å². The van der Waals surface area contributed by atoms with Crippen molar-refractivity contribution in [2.45, 2.75) is 26.7 Å². The van der Waals surface area contributed by atoms with E-state index in [4.69, 9.17) is 4.74 Å². The van der Waals surface area contributed by atoms with Crippen LogP contribution < -0.4 is 20.3 Å². The highest BCUT2D eigenvalue weighted by Gasteiger charge is 2.25. The van der Waals surface area contributed by atoms with Crippen LogP contribution in [0.2, 0.25) is 0 Å². The summed E-state index contributed by atoms with van der Waals surface area (Å²) < 4.78 is 5.33. The van der Waals surface area contributed by atoms with Crippen molar-refractivity contribution in [1.82, 2.24) is 0 Å². The second-order valence-corrected chi connectivity index (χ2v) is 6.69. The van der Waals surface area contributed by atoms with Gasteiger partial charge in [-0.1, -0.05) is 12.1 Å². The van der Waals surface area contributed by atoms with Gasteiger partial charge in [-0.05, 0) is 55.7 Å². The summed E-state index contributed by atoms with van der Waals surface area (Å²) in [4.78, 5) is 38.3. The van der Waals surface area contributed by atoms with Crippen LogP contribution in [0.4, 0.5) is 17.1 Å². The SMILES string of the molecule is COc1ccc(NC(=O)C(=O)Nc2cccc(C)c2C)cc1N1CCCC1=O. The summed E-state index contributed by atoms with van der Waals surface area (Å²) in [5, 5.41) is 5.21. The minimum absolute atomic E-state index is 0.00874. The van der Waals surface area contributed by atoms with E-state index in [0.717, 1.165) is 17.5 Å². The number of methoxy groups -OCH3 is 1. The lowest BCUT2D eigenvalue weighted by molar-refractivity contribution is -0.133. The van der Waals surface area contributed by atoms with Crippen molar-refractivity contribution in [1.29, 1.82) is 0 Å². The fourth-order valence-corrected chi connectivity index (χ4v) is 3.13. The largest absolute Gasteiger partial charge is 0.495 e. The molecule has 2 aromatic rings. The van der Waals surface area contributed by atoms with Crippen LogP contribution in [-0.4, -0.2) is 31.4 Å². The summed E-state index contributed by atoms with van der Waals surface area (Å²) >= 11 is 0. The van der Waals surface area contributed by atoms with Crippen molar-refractivity contribution < 1.29 is 19.1 Å². The van der Waals surface area contributed by atoms with Gasteiger partial charge >= 0.3 is 11.8 Å². The molecule has 2 N–H and O–H groups in total. The third kappa shape index (κ3) is 3.98. The van der Waals surface area contributed by atoms with E-state index in [1.807, 2.05) is 26.0 Å². The van der Waals surface area contributed by atoms with E-state index >= 15 is 0 Å². The Hall–Kier alpha value is -3.35. The molecule has 3 amide bonds. The zero-order valence-electron chi connectivity index (χ0n) is 16.2. The fraction of sp³-hybridized carbons (Fsp3) is 0.286. The number of aryl methyl sites for hydroxylation is 1. The molecule has 7 nitrogen and oxygen atoms in total. The highest BCUT2D eigenvalue weighted by Crippen LogP contribution is 2.34. The first kappa shape index (κ1) is 19.4. The molecular formula is C21H23N3O4. The van der Waals surface area contributed by atoms with Crippen molar-refractivity contribution >= 4 is 34.8 Å². The number of nitrogens with zero attached hydrogens (tertiary/aromatic N) is 1. The number of hydrogen-bond donors (Lipinski definition) is 2. The number of rotatable bonds is 4. The Bertz CT molecular complexity index is 939. The molecular weight excluding hydrogens is 358 g/mol. The third-order valence-corrected chi connectivity index (χ3v) is 4.86. The molecule has 0 radical (unpaired) electrons. The van der Waals surface area contributed by atoms with Crippen molar-refractivity contribution in [2.75, 3.05) is 29.2 Å². The molecule has 2 aromatic carbocycles. The molecule has 1 aliphatic rings. The lowest BCUT2D eigenvalue weighted by Crippen LogP contribution is -2.29. The van der Waals surface area contributed by atoms with Crippen LogP contribution in [0.3, 0.4) is 0 Å². The summed E-state index contributed by atoms with van der Waals surface area (Å²) in [6.45, 7) is 4.41. The number of amides is 3. The molecule has 1 heterocycles. The van der Waals surface area contributed by atoms with E-state index < -0.39 is 11.8 Å². The number of ether oxygens (including phenoxy) is 1. The molecule has 1 fully saturated rings. The Kier molecular flexibility index (Phi) is 5.63. The van der Waals surface area contributed by atoms with E-state index in [-0.39, 0.29) is 5.91 Å². The lowest BCUT2D eigenvalue weighted by Gasteiger charge is -2.20. The summed E-state index contributed by atoms with van der Waals surface area (Å²) in [5.41, 5.74) is 3.52. The fourth-order valence-electron chi connectivity index (χ4n) is 3.13. The second kappa shape index (κ2) is 8.12. The van der Waals surface area contributed by atoms with E-state index in [2.05, 4.69) is 10.6 Å². The van der Waals surface area contributed by atoms with E-state index in [0.29, 0.717) is 35.8 Å². The first-order chi connectivity index (χ1) is 13.4. The molecule has 7 heteroatoms. The molecule has 0 aliphatic carbocycles. The van der Waals surface area contributed by atoms with Crippen LogP contribution in [0.5, 0.6) is 5.75 Å². The van der Waals surface area contributed by atoms with Gasteiger partial charge in [-0.25, -0.2) is 0 Å². The number of carbonyl (C=O) groups excluding carboxylic acids is 3. The molecule has 0 bridgehead atoms. The van der Waals surface area contributed by atoms with Crippen molar-refractivity contribution in [3.63, 3.8) is 0 Å². The summed E-state index contributed by atoms with van der Waals surface area (Å²) in [5.74, 6) is -1.00. The first-order valence-electron chi connectivity index (χ1n) is 9.07. The topological polar surface area (TPSA) is 87.7 Å². The maximum absolute atomic E-state index is 12.3. The molecule has 0 atom stereocenters. The Morgan fingerprint density at radius 1 is 1.07 bits per heavy atom. The van der Waals surface area contributed by atoms with Gasteiger partial charge in [-0.3, -0.25) is 14.4 Å². The van der Waals surface area contributed by atoms with Gasteiger partial charge in [0.25, 0.3) is 0 Å². The average molecular weight is 381 g/mol. The quantitative estimate of drug-likeness (QED) is 0.797. The summed E-state index contributed by atoms with van der Waals surface area (Å²) in [6.07, 6.45) is 1.26. The highest BCUT2D eigenvalue weighted by atomic mass is 16.5. The zero-order chi connectivity index (χ0) is 20.3. The van der Waals surface area contributed by atoms with Crippen LogP contribution in [0.15, 0.2) is 36.4 Å². The number of benzene rings is 2. The van der Waals surface area contributed by atoms with Crippen molar-refractivity contribution in [3.8, 4) is 5.75 Å². The van der Waals surface area contributed by atoms with Crippen LogP contribution in [0, 0.1) is 13.8 Å². The van der Waals surface area contributed by atoms with Gasteiger partial charge in [0, 0.05) is 24.3 Å². The maximum Gasteiger partial charge on any atom is 0.314 e. The zero-order valence-corrected chi connectivity index (χ0v) is 16.2. The second-order valence-electron chi connectivity index (χ2n) is 6.69. The summed E-state index contributed by atoms with van der Waals surface area (Å²) in [7, 11) is 1.52. The predicted octanol–water partition coefficient (Wildman–Crippen LogP) is 3.02. The van der Waals surface area contributed by atoms with Crippen LogP contribution in [-0.2, 0) is 14.4 Å². The smallest absolute Gasteiger partial charge is 0.314 e. The van der Waals surface area contributed by atoms with Gasteiger partial charge in [0.15, 0.2) is 0 Å². The molecule has 0 spiro atoms. The Morgan fingerprint density at radius 2 is 1.82 bits per heavy atom. The number of carbonyl (C=O) groups is 3. The minimum atomic E-state index is -0.787. The third-order valence-electron chi connectivity index (χ3n) is 4.86. The van der Waals surface area contributed by atoms with Gasteiger partial charge in [-0.2, -0.15) is 0 Å². The van der Waals surface area contributed by atoms with E-state index in [1.165, 1.54) is 7.11 Å². The average Bonchev–Trinajstić information content (AvgIpc) is 3.11. The number of hydrogen-bond acceptors (Lipinski definition) is 4. The van der Waals surface area contributed by atoms with Crippen molar-refractivity contribution in [2.24, 2.45) is 0 Å². The highest BCUT2D eigenvalue weighted by molar-refractivity contribution is 6.43. The Morgan fingerprint density at radius 3 is 2.50 bits per heavy atom. The predicted molar refractivity (Wildman–Crippen MR) is 108 cm³/mol. The Labute approximate surface area is 163 Å². The van der Waals surface area contributed by atoms with Crippen LogP contribution in [0.1, 0.15) is 24.0 Å². The van der Waals surface area contributed by atoms with E-state index in [9.17, 15) is 14.4 Å². The van der Waals surface area contributed by atoms with Gasteiger partial charge < -0.3 is 20.3 Å². The normalized spacial score (nSPS) is 13.4. The molecule has 1 aliphatic heterocycles. The number of anilines is 3. The minimum Gasteiger partial charge on any atom is -0.495 e. The molecule has 3 rings (SSSR count). The monoisotopic (exact) mass is 381 g/mol. The van der Waals surface area contributed by atoms with Crippen LogP contribution in [0.25, 0.3) is 0 Å². The van der Waals surface area contributed by atoms with Gasteiger partial charge in [0.1, 0.15) is 5.75 Å². The molecule has 1 saturated heterocycles. The summed E-state index contributed by atoms with van der Waals surface area (Å²) in [6, 6.07) is 10.4. The molecule has 28 heavy (non-hydrogen) atoms.